The lowest BCUT2D eigenvalue weighted by Crippen LogP contribution is -2.07. The second kappa shape index (κ2) is 5.35. The van der Waals surface area contributed by atoms with E-state index in [0.717, 1.165) is 5.56 Å². The molecule has 5 heteroatoms. The molecule has 0 heterocycles. The molecule has 0 aliphatic heterocycles. The monoisotopic (exact) mass is 330 g/mol. The molecular weight excluding hydrogens is 321 g/mol. The van der Waals surface area contributed by atoms with Crippen LogP contribution in [0.4, 0.5) is 13.2 Å². The first-order chi connectivity index (χ1) is 8.91. The molecule has 0 aliphatic carbocycles. The van der Waals surface area contributed by atoms with Gasteiger partial charge in [-0.3, -0.25) is 0 Å². The minimum Gasteiger partial charge on any atom is -0.383 e. The van der Waals surface area contributed by atoms with E-state index >= 15 is 0 Å². The van der Waals surface area contributed by atoms with Crippen molar-refractivity contribution in [2.45, 2.75) is 13.0 Å². The van der Waals surface area contributed by atoms with Gasteiger partial charge in [-0.05, 0) is 18.1 Å². The molecule has 0 aliphatic rings. The Morgan fingerprint density at radius 2 is 1.68 bits per heavy atom. The number of aliphatic hydroxyl groups excluding tert-OH is 1. The van der Waals surface area contributed by atoms with Crippen LogP contribution in [0, 0.1) is 24.4 Å². The molecule has 2 aromatic rings. The standard InChI is InChI=1S/C14H10BrF3O/c1-7-3-2-4-9(13(7)15)14(19)12-10(17)5-8(16)6-11(12)18/h2-6,14,19H,1H3. The highest BCUT2D eigenvalue weighted by Crippen LogP contribution is 2.33. The lowest BCUT2D eigenvalue weighted by Gasteiger charge is -2.16. The summed E-state index contributed by atoms with van der Waals surface area (Å²) < 4.78 is 40.7. The molecule has 1 nitrogen and oxygen atoms in total. The van der Waals surface area contributed by atoms with Crippen LogP contribution in [0.5, 0.6) is 0 Å². The van der Waals surface area contributed by atoms with Gasteiger partial charge < -0.3 is 5.11 Å². The highest BCUT2D eigenvalue weighted by Gasteiger charge is 2.23. The third-order valence-electron chi connectivity index (χ3n) is 2.83. The molecular formula is C14H10BrF3O. The fraction of sp³-hybridized carbons (Fsp3) is 0.143. The Bertz CT molecular complexity index is 605. The molecule has 0 amide bonds. The number of benzene rings is 2. The summed E-state index contributed by atoms with van der Waals surface area (Å²) in [5.41, 5.74) is 0.580. The lowest BCUT2D eigenvalue weighted by molar-refractivity contribution is 0.208. The second-order valence-electron chi connectivity index (χ2n) is 4.16. The Morgan fingerprint density at radius 1 is 1.11 bits per heavy atom. The Kier molecular flexibility index (Phi) is 3.96. The summed E-state index contributed by atoms with van der Waals surface area (Å²) in [6.07, 6.45) is -1.50. The average Bonchev–Trinajstić information content (AvgIpc) is 2.31. The number of hydrogen-bond donors (Lipinski definition) is 1. The SMILES string of the molecule is Cc1cccc(C(O)c2c(F)cc(F)cc2F)c1Br. The average molecular weight is 331 g/mol. The van der Waals surface area contributed by atoms with Crippen molar-refractivity contribution in [2.75, 3.05) is 0 Å². The fourth-order valence-corrected chi connectivity index (χ4v) is 2.33. The van der Waals surface area contributed by atoms with Gasteiger partial charge in [0.25, 0.3) is 0 Å². The van der Waals surface area contributed by atoms with Crippen LogP contribution in [-0.4, -0.2) is 5.11 Å². The van der Waals surface area contributed by atoms with Gasteiger partial charge in [0.2, 0.25) is 0 Å². The third-order valence-corrected chi connectivity index (χ3v) is 3.92. The van der Waals surface area contributed by atoms with Crippen molar-refractivity contribution in [3.05, 3.63) is 68.9 Å². The maximum Gasteiger partial charge on any atom is 0.135 e. The Hall–Kier alpha value is -1.33. The molecule has 0 spiro atoms. The maximum absolute atomic E-state index is 13.6. The minimum atomic E-state index is -1.50. The van der Waals surface area contributed by atoms with E-state index in [4.69, 9.17) is 0 Å². The molecule has 19 heavy (non-hydrogen) atoms. The number of rotatable bonds is 2. The minimum absolute atomic E-state index is 0.324. The van der Waals surface area contributed by atoms with Crippen molar-refractivity contribution < 1.29 is 18.3 Å². The summed E-state index contributed by atoms with van der Waals surface area (Å²) in [5, 5.41) is 10.1. The third kappa shape index (κ3) is 2.67. The Morgan fingerprint density at radius 3 is 2.26 bits per heavy atom. The van der Waals surface area contributed by atoms with E-state index in [1.807, 2.05) is 0 Å². The van der Waals surface area contributed by atoms with E-state index in [1.165, 1.54) is 0 Å². The van der Waals surface area contributed by atoms with Gasteiger partial charge in [0, 0.05) is 16.6 Å². The van der Waals surface area contributed by atoms with Crippen LogP contribution >= 0.6 is 15.9 Å². The summed E-state index contributed by atoms with van der Waals surface area (Å²) in [4.78, 5) is 0. The van der Waals surface area contributed by atoms with Crippen LogP contribution in [0.2, 0.25) is 0 Å². The zero-order valence-corrected chi connectivity index (χ0v) is 11.5. The van der Waals surface area contributed by atoms with Crippen molar-refractivity contribution >= 4 is 15.9 Å². The molecule has 1 N–H and O–H groups in total. The van der Waals surface area contributed by atoms with Crippen molar-refractivity contribution in [2.24, 2.45) is 0 Å². The number of aryl methyl sites for hydroxylation is 1. The molecule has 2 aromatic carbocycles. The summed E-state index contributed by atoms with van der Waals surface area (Å²) in [6, 6.07) is 6.09. The normalized spacial score (nSPS) is 12.5. The van der Waals surface area contributed by atoms with E-state index < -0.39 is 29.1 Å². The van der Waals surface area contributed by atoms with Crippen molar-refractivity contribution in [3.63, 3.8) is 0 Å². The van der Waals surface area contributed by atoms with Crippen LogP contribution in [0.25, 0.3) is 0 Å². The molecule has 0 fully saturated rings. The van der Waals surface area contributed by atoms with Gasteiger partial charge in [0.1, 0.15) is 23.6 Å². The van der Waals surface area contributed by atoms with E-state index in [0.29, 0.717) is 22.2 Å². The molecule has 0 bridgehead atoms. The Labute approximate surface area is 116 Å². The van der Waals surface area contributed by atoms with Gasteiger partial charge in [-0.1, -0.05) is 34.1 Å². The molecule has 2 rings (SSSR count). The predicted octanol–water partition coefficient (Wildman–Crippen LogP) is 4.26. The zero-order chi connectivity index (χ0) is 14.2. The van der Waals surface area contributed by atoms with E-state index in [-0.39, 0.29) is 0 Å². The summed E-state index contributed by atoms with van der Waals surface area (Å²) >= 11 is 3.26. The lowest BCUT2D eigenvalue weighted by atomic mass is 9.99. The molecule has 1 atom stereocenters. The van der Waals surface area contributed by atoms with Crippen molar-refractivity contribution in [1.29, 1.82) is 0 Å². The van der Waals surface area contributed by atoms with Gasteiger partial charge in [-0.25, -0.2) is 13.2 Å². The van der Waals surface area contributed by atoms with Crippen LogP contribution in [0.3, 0.4) is 0 Å². The number of halogens is 4. The zero-order valence-electron chi connectivity index (χ0n) is 9.92. The first-order valence-corrected chi connectivity index (χ1v) is 6.28. The summed E-state index contributed by atoms with van der Waals surface area (Å²) in [6.45, 7) is 1.79. The first-order valence-electron chi connectivity index (χ1n) is 5.49. The second-order valence-corrected chi connectivity index (χ2v) is 4.96. The van der Waals surface area contributed by atoms with Crippen molar-refractivity contribution in [3.8, 4) is 0 Å². The van der Waals surface area contributed by atoms with E-state index in [1.54, 1.807) is 25.1 Å². The van der Waals surface area contributed by atoms with Crippen molar-refractivity contribution in [1.82, 2.24) is 0 Å². The topological polar surface area (TPSA) is 20.2 Å². The fourth-order valence-electron chi connectivity index (χ4n) is 1.85. The molecule has 0 aromatic heterocycles. The van der Waals surface area contributed by atoms with Gasteiger partial charge in [0.15, 0.2) is 0 Å². The predicted molar refractivity (Wildman–Crippen MR) is 69.3 cm³/mol. The van der Waals surface area contributed by atoms with Crippen LogP contribution < -0.4 is 0 Å². The first kappa shape index (κ1) is 14.1. The van der Waals surface area contributed by atoms with Gasteiger partial charge in [-0.2, -0.15) is 0 Å². The summed E-state index contributed by atoms with van der Waals surface area (Å²) in [5.74, 6) is -3.24. The van der Waals surface area contributed by atoms with E-state index in [2.05, 4.69) is 15.9 Å². The largest absolute Gasteiger partial charge is 0.383 e. The van der Waals surface area contributed by atoms with Crippen LogP contribution in [-0.2, 0) is 0 Å². The smallest absolute Gasteiger partial charge is 0.135 e. The highest BCUT2D eigenvalue weighted by atomic mass is 79.9. The highest BCUT2D eigenvalue weighted by molar-refractivity contribution is 9.10. The maximum atomic E-state index is 13.6. The quantitative estimate of drug-likeness (QED) is 0.872. The van der Waals surface area contributed by atoms with E-state index in [9.17, 15) is 18.3 Å². The molecule has 1 unspecified atom stereocenters. The van der Waals surface area contributed by atoms with Gasteiger partial charge in [0.05, 0.1) is 5.56 Å². The molecule has 100 valence electrons. The Balaban J connectivity index is 2.56. The van der Waals surface area contributed by atoms with Crippen LogP contribution in [0.1, 0.15) is 22.8 Å². The van der Waals surface area contributed by atoms with Gasteiger partial charge in [-0.15, -0.1) is 0 Å². The number of hydrogen-bond acceptors (Lipinski definition) is 1. The molecule has 0 saturated carbocycles. The summed E-state index contributed by atoms with van der Waals surface area (Å²) in [7, 11) is 0. The van der Waals surface area contributed by atoms with Gasteiger partial charge >= 0.3 is 0 Å². The van der Waals surface area contributed by atoms with Crippen LogP contribution in [0.15, 0.2) is 34.8 Å². The number of aliphatic hydroxyl groups is 1. The molecule has 0 saturated heterocycles. The molecule has 0 radical (unpaired) electrons.